The number of hydrogen-bond acceptors (Lipinski definition) is 5. The first kappa shape index (κ1) is 21.4. The van der Waals surface area contributed by atoms with Gasteiger partial charge in [0.05, 0.1) is 17.3 Å². The molecule has 0 aliphatic carbocycles. The van der Waals surface area contributed by atoms with Gasteiger partial charge in [-0.15, -0.1) is 0 Å². The highest BCUT2D eigenvalue weighted by atomic mass is 79.9. The van der Waals surface area contributed by atoms with Crippen LogP contribution in [0, 0.1) is 13.8 Å². The Bertz CT molecular complexity index is 913. The van der Waals surface area contributed by atoms with Gasteiger partial charge in [-0.1, -0.05) is 17.7 Å². The number of benzene rings is 2. The number of rotatable bonds is 7. The van der Waals surface area contributed by atoms with Gasteiger partial charge >= 0.3 is 0 Å². The lowest BCUT2D eigenvalue weighted by Gasteiger charge is -2.09. The van der Waals surface area contributed by atoms with Crippen LogP contribution < -0.4 is 15.5 Å². The van der Waals surface area contributed by atoms with E-state index in [1.807, 2.05) is 26.0 Å². The van der Waals surface area contributed by atoms with Gasteiger partial charge in [-0.2, -0.15) is 5.10 Å². The molecule has 3 N–H and O–H groups in total. The van der Waals surface area contributed by atoms with Crippen molar-refractivity contribution in [2.75, 3.05) is 11.9 Å². The fourth-order valence-electron chi connectivity index (χ4n) is 2.45. The van der Waals surface area contributed by atoms with E-state index in [1.165, 1.54) is 6.21 Å². The van der Waals surface area contributed by atoms with Crippen LogP contribution in [0.4, 0.5) is 5.69 Å². The van der Waals surface area contributed by atoms with Gasteiger partial charge in [-0.25, -0.2) is 5.43 Å². The molecule has 0 bridgehead atoms. The molecule has 0 unspecified atom stereocenters. The van der Waals surface area contributed by atoms with Gasteiger partial charge in [0.15, 0.2) is 11.5 Å². The van der Waals surface area contributed by atoms with Crippen molar-refractivity contribution in [1.82, 2.24) is 5.43 Å². The Morgan fingerprint density at radius 1 is 1.21 bits per heavy atom. The predicted octanol–water partition coefficient (Wildman–Crippen LogP) is 3.65. The van der Waals surface area contributed by atoms with E-state index in [2.05, 4.69) is 31.8 Å². The molecule has 0 aliphatic heterocycles. The first-order chi connectivity index (χ1) is 13.3. The number of hydrogen-bond donors (Lipinski definition) is 3. The summed E-state index contributed by atoms with van der Waals surface area (Å²) in [6.45, 7) is 6.05. The Morgan fingerprint density at radius 3 is 2.64 bits per heavy atom. The van der Waals surface area contributed by atoms with Gasteiger partial charge in [-0.05, 0) is 66.0 Å². The van der Waals surface area contributed by atoms with Gasteiger partial charge in [-0.3, -0.25) is 9.59 Å². The summed E-state index contributed by atoms with van der Waals surface area (Å²) in [4.78, 5) is 23.9. The molecular formula is C20H22BrN3O4. The molecule has 0 fully saturated rings. The molecule has 0 aromatic heterocycles. The number of aromatic hydroxyl groups is 1. The molecule has 2 amide bonds. The third kappa shape index (κ3) is 6.09. The molecule has 148 valence electrons. The fraction of sp³-hybridized carbons (Fsp3) is 0.250. The summed E-state index contributed by atoms with van der Waals surface area (Å²) in [5.74, 6) is -0.671. The third-order valence-electron chi connectivity index (χ3n) is 3.73. The maximum absolute atomic E-state index is 12.0. The molecule has 2 aromatic rings. The number of hydrazone groups is 1. The number of anilines is 1. The zero-order chi connectivity index (χ0) is 20.7. The van der Waals surface area contributed by atoms with Crippen LogP contribution in [0.5, 0.6) is 11.5 Å². The molecule has 28 heavy (non-hydrogen) atoms. The lowest BCUT2D eigenvalue weighted by Crippen LogP contribution is -2.24. The van der Waals surface area contributed by atoms with E-state index in [9.17, 15) is 14.7 Å². The Labute approximate surface area is 171 Å². The summed E-state index contributed by atoms with van der Waals surface area (Å²) in [5.41, 5.74) is 5.60. The Morgan fingerprint density at radius 2 is 1.96 bits per heavy atom. The van der Waals surface area contributed by atoms with Crippen molar-refractivity contribution in [3.63, 3.8) is 0 Å². The molecule has 0 heterocycles. The van der Waals surface area contributed by atoms with Crippen LogP contribution in [-0.2, 0) is 9.59 Å². The molecule has 8 heteroatoms. The monoisotopic (exact) mass is 447 g/mol. The van der Waals surface area contributed by atoms with E-state index >= 15 is 0 Å². The van der Waals surface area contributed by atoms with Crippen LogP contribution in [-0.4, -0.2) is 29.7 Å². The number of amides is 2. The van der Waals surface area contributed by atoms with E-state index in [0.717, 1.165) is 11.1 Å². The number of carbonyl (C=O) groups excluding carboxylic acids is 2. The number of nitrogens with one attached hydrogen (secondary N) is 2. The fourth-order valence-corrected chi connectivity index (χ4v) is 2.91. The largest absolute Gasteiger partial charge is 0.503 e. The van der Waals surface area contributed by atoms with E-state index in [1.54, 1.807) is 25.1 Å². The number of carbonyl (C=O) groups is 2. The smallest absolute Gasteiger partial charge is 0.249 e. The van der Waals surface area contributed by atoms with Gasteiger partial charge < -0.3 is 15.2 Å². The van der Waals surface area contributed by atoms with Crippen molar-refractivity contribution >= 4 is 39.6 Å². The number of halogens is 1. The van der Waals surface area contributed by atoms with Crippen LogP contribution in [0.25, 0.3) is 0 Å². The molecule has 0 aliphatic rings. The molecule has 2 aromatic carbocycles. The van der Waals surface area contributed by atoms with Crippen molar-refractivity contribution in [1.29, 1.82) is 0 Å². The van der Waals surface area contributed by atoms with Gasteiger partial charge in [0.2, 0.25) is 11.8 Å². The quantitative estimate of drug-likeness (QED) is 0.342. The Hall–Kier alpha value is -2.87. The molecule has 0 saturated carbocycles. The van der Waals surface area contributed by atoms with E-state index in [4.69, 9.17) is 4.74 Å². The normalized spacial score (nSPS) is 10.7. The van der Waals surface area contributed by atoms with Crippen molar-refractivity contribution in [2.24, 2.45) is 5.10 Å². The minimum atomic E-state index is -0.540. The highest BCUT2D eigenvalue weighted by Crippen LogP contribution is 2.35. The highest BCUT2D eigenvalue weighted by molar-refractivity contribution is 9.10. The summed E-state index contributed by atoms with van der Waals surface area (Å²) < 4.78 is 5.77. The van der Waals surface area contributed by atoms with Gasteiger partial charge in [0.25, 0.3) is 0 Å². The summed E-state index contributed by atoms with van der Waals surface area (Å²) in [5, 5.41) is 16.4. The minimum Gasteiger partial charge on any atom is -0.503 e. The number of phenols is 1. The second-order valence-electron chi connectivity index (χ2n) is 6.12. The third-order valence-corrected chi connectivity index (χ3v) is 4.34. The average molecular weight is 448 g/mol. The second-order valence-corrected chi connectivity index (χ2v) is 6.97. The van der Waals surface area contributed by atoms with Crippen LogP contribution in [0.1, 0.15) is 30.0 Å². The van der Waals surface area contributed by atoms with Crippen molar-refractivity contribution in [3.05, 3.63) is 51.5 Å². The van der Waals surface area contributed by atoms with Crippen LogP contribution in [0.2, 0.25) is 0 Å². The highest BCUT2D eigenvalue weighted by Gasteiger charge is 2.11. The lowest BCUT2D eigenvalue weighted by molar-refractivity contribution is -0.126. The SMILES string of the molecule is CCOc1cc(C=NNC(=O)CC(=O)Nc2ccc(C)cc2C)cc(Br)c1O. The Kier molecular flexibility index (Phi) is 7.57. The first-order valence-corrected chi connectivity index (χ1v) is 9.43. The summed E-state index contributed by atoms with van der Waals surface area (Å²) in [7, 11) is 0. The van der Waals surface area contributed by atoms with Gasteiger partial charge in [0.1, 0.15) is 6.42 Å². The molecule has 0 radical (unpaired) electrons. The molecule has 2 rings (SSSR count). The molecular weight excluding hydrogens is 426 g/mol. The zero-order valence-corrected chi connectivity index (χ0v) is 17.5. The van der Waals surface area contributed by atoms with Gasteiger partial charge in [0, 0.05) is 5.69 Å². The minimum absolute atomic E-state index is 0.00824. The number of ether oxygens (including phenoxy) is 1. The predicted molar refractivity (Wildman–Crippen MR) is 112 cm³/mol. The van der Waals surface area contributed by atoms with Crippen LogP contribution in [0.3, 0.4) is 0 Å². The number of phenolic OH excluding ortho intramolecular Hbond substituents is 1. The number of aryl methyl sites for hydroxylation is 2. The molecule has 0 spiro atoms. The van der Waals surface area contributed by atoms with E-state index in [0.29, 0.717) is 28.1 Å². The van der Waals surface area contributed by atoms with Crippen molar-refractivity contribution in [2.45, 2.75) is 27.2 Å². The second kappa shape index (κ2) is 9.89. The molecule has 0 saturated heterocycles. The Balaban J connectivity index is 1.92. The zero-order valence-electron chi connectivity index (χ0n) is 15.9. The topological polar surface area (TPSA) is 100 Å². The van der Waals surface area contributed by atoms with Crippen molar-refractivity contribution in [3.8, 4) is 11.5 Å². The average Bonchev–Trinajstić information content (AvgIpc) is 2.61. The molecule has 0 atom stereocenters. The van der Waals surface area contributed by atoms with E-state index < -0.39 is 11.8 Å². The summed E-state index contributed by atoms with van der Waals surface area (Å²) >= 11 is 3.23. The van der Waals surface area contributed by atoms with Crippen molar-refractivity contribution < 1.29 is 19.4 Å². The first-order valence-electron chi connectivity index (χ1n) is 8.64. The summed E-state index contributed by atoms with van der Waals surface area (Å²) in [6.07, 6.45) is 1.04. The van der Waals surface area contributed by atoms with E-state index in [-0.39, 0.29) is 12.2 Å². The van der Waals surface area contributed by atoms with Crippen LogP contribution >= 0.6 is 15.9 Å². The standard InChI is InChI=1S/C20H22BrN3O4/c1-4-28-17-9-14(8-15(21)20(17)27)11-22-24-19(26)10-18(25)23-16-6-5-12(2)7-13(16)3/h5-9,11,27H,4,10H2,1-3H3,(H,23,25)(H,24,26). The van der Waals surface area contributed by atoms with Crippen LogP contribution in [0.15, 0.2) is 39.9 Å². The number of nitrogens with zero attached hydrogens (tertiary/aromatic N) is 1. The lowest BCUT2D eigenvalue weighted by atomic mass is 10.1. The summed E-state index contributed by atoms with van der Waals surface area (Å²) in [6, 6.07) is 8.86. The maximum Gasteiger partial charge on any atom is 0.249 e. The maximum atomic E-state index is 12.0. The molecule has 7 nitrogen and oxygen atoms in total.